The molecule has 0 spiro atoms. The molecule has 1 unspecified atom stereocenters. The van der Waals surface area contributed by atoms with Crippen LogP contribution in [0.25, 0.3) is 0 Å². The first-order valence-electron chi connectivity index (χ1n) is 6.40. The van der Waals surface area contributed by atoms with Crippen molar-refractivity contribution in [3.8, 4) is 0 Å². The summed E-state index contributed by atoms with van der Waals surface area (Å²) in [4.78, 5) is 7.42. The monoisotopic (exact) mass is 299 g/mol. The molecule has 1 aliphatic rings. The molecule has 3 nitrogen and oxygen atoms in total. The molecule has 1 N–H and O–H groups in total. The number of nitrogens with zero attached hydrogens (tertiary/aromatic N) is 2. The van der Waals surface area contributed by atoms with Crippen LogP contribution in [0.1, 0.15) is 19.8 Å². The molecular formula is C13H21N3Se. The van der Waals surface area contributed by atoms with E-state index in [0.29, 0.717) is 0 Å². The Kier molecular flexibility index (Phi) is 5.30. The molecule has 17 heavy (non-hydrogen) atoms. The summed E-state index contributed by atoms with van der Waals surface area (Å²) in [6.45, 7) is 5.64. The number of nitrogens with one attached hydrogen (secondary N) is 1. The van der Waals surface area contributed by atoms with Crippen molar-refractivity contribution in [1.29, 1.82) is 0 Å². The molecule has 4 heteroatoms. The Bertz CT molecular complexity index is 318. The average molecular weight is 298 g/mol. The quantitative estimate of drug-likeness (QED) is 0.858. The Balaban J connectivity index is 1.87. The molecule has 0 amide bonds. The van der Waals surface area contributed by atoms with Gasteiger partial charge in [-0.05, 0) is 0 Å². The van der Waals surface area contributed by atoms with Gasteiger partial charge in [0.25, 0.3) is 0 Å². The number of pyridine rings is 1. The summed E-state index contributed by atoms with van der Waals surface area (Å²) in [5.74, 6) is 0. The zero-order valence-corrected chi connectivity index (χ0v) is 12.1. The second-order valence-electron chi connectivity index (χ2n) is 4.30. The fourth-order valence-electron chi connectivity index (χ4n) is 2.05. The number of aromatic nitrogens is 1. The van der Waals surface area contributed by atoms with Gasteiger partial charge >= 0.3 is 110 Å². The van der Waals surface area contributed by atoms with Crippen molar-refractivity contribution in [1.82, 2.24) is 10.3 Å². The van der Waals surface area contributed by atoms with E-state index in [1.165, 1.54) is 23.8 Å². The average Bonchev–Trinajstić information content (AvgIpc) is 2.63. The van der Waals surface area contributed by atoms with Crippen LogP contribution in [0.2, 0.25) is 5.32 Å². The van der Waals surface area contributed by atoms with Crippen molar-refractivity contribution < 1.29 is 0 Å². The van der Waals surface area contributed by atoms with E-state index in [1.807, 2.05) is 18.5 Å². The number of rotatable bonds is 4. The van der Waals surface area contributed by atoms with Crippen LogP contribution in [0.15, 0.2) is 24.5 Å². The zero-order valence-electron chi connectivity index (χ0n) is 10.4. The van der Waals surface area contributed by atoms with Gasteiger partial charge in [-0.15, -0.1) is 0 Å². The fourth-order valence-corrected chi connectivity index (χ4v) is 4.21. The molecule has 0 aromatic carbocycles. The van der Waals surface area contributed by atoms with Gasteiger partial charge in [0, 0.05) is 0 Å². The third-order valence-corrected chi connectivity index (χ3v) is 5.99. The molecule has 0 radical (unpaired) electrons. The van der Waals surface area contributed by atoms with Crippen LogP contribution in [-0.2, 0) is 0 Å². The van der Waals surface area contributed by atoms with Crippen LogP contribution in [0.5, 0.6) is 0 Å². The minimum absolute atomic E-state index is 0.764. The van der Waals surface area contributed by atoms with Crippen LogP contribution in [-0.4, -0.2) is 44.5 Å². The summed E-state index contributed by atoms with van der Waals surface area (Å²) >= 11 is 0.764. The molecule has 0 aliphatic carbocycles. The molecule has 1 saturated heterocycles. The van der Waals surface area contributed by atoms with Gasteiger partial charge in [-0.3, -0.25) is 0 Å². The Hall–Kier alpha value is -0.571. The molecule has 2 rings (SSSR count). The maximum atomic E-state index is 4.20. The molecule has 0 saturated carbocycles. The third-order valence-electron chi connectivity index (χ3n) is 2.95. The van der Waals surface area contributed by atoms with Gasteiger partial charge in [0.1, 0.15) is 0 Å². The Labute approximate surface area is 110 Å². The molecule has 0 bridgehead atoms. The van der Waals surface area contributed by atoms with Gasteiger partial charge in [-0.2, -0.15) is 0 Å². The van der Waals surface area contributed by atoms with Crippen LogP contribution >= 0.6 is 0 Å². The fraction of sp³-hybridized carbons (Fsp3) is 0.615. The predicted molar refractivity (Wildman–Crippen MR) is 73.7 cm³/mol. The van der Waals surface area contributed by atoms with Crippen LogP contribution in [0.4, 0.5) is 5.69 Å². The summed E-state index contributed by atoms with van der Waals surface area (Å²) in [7, 11) is 0. The molecule has 1 atom stereocenters. The Morgan fingerprint density at radius 3 is 3.24 bits per heavy atom. The molecule has 94 valence electrons. The van der Waals surface area contributed by atoms with E-state index in [4.69, 9.17) is 0 Å². The summed E-state index contributed by atoms with van der Waals surface area (Å²) < 4.78 is 0. The first-order valence-corrected chi connectivity index (χ1v) is 8.60. The first-order chi connectivity index (χ1) is 8.40. The SMILES string of the molecule is CCC[Se]C1CCN(c2cccnc2)CCN1. The molecule has 1 aromatic rings. The second kappa shape index (κ2) is 7.00. The van der Waals surface area contributed by atoms with Crippen molar-refractivity contribution in [3.05, 3.63) is 24.5 Å². The van der Waals surface area contributed by atoms with E-state index < -0.39 is 0 Å². The number of hydrogen-bond acceptors (Lipinski definition) is 3. The van der Waals surface area contributed by atoms with Gasteiger partial charge < -0.3 is 0 Å². The van der Waals surface area contributed by atoms with Crippen LogP contribution in [0, 0.1) is 0 Å². The zero-order chi connectivity index (χ0) is 11.9. The van der Waals surface area contributed by atoms with E-state index in [9.17, 15) is 0 Å². The van der Waals surface area contributed by atoms with Crippen molar-refractivity contribution in [2.24, 2.45) is 0 Å². The minimum atomic E-state index is 0.764. The van der Waals surface area contributed by atoms with E-state index >= 15 is 0 Å². The summed E-state index contributed by atoms with van der Waals surface area (Å²) in [5.41, 5.74) is 1.26. The molecular weight excluding hydrogens is 277 g/mol. The summed E-state index contributed by atoms with van der Waals surface area (Å²) in [5, 5.41) is 5.08. The molecule has 2 heterocycles. The second-order valence-corrected chi connectivity index (χ2v) is 7.05. The standard InChI is InChI=1S/C13H21N3Se/c1-2-10-17-13-5-8-16(9-7-15-13)12-4-3-6-14-11-12/h3-4,6,11,13,15H,2,5,7-10H2,1H3. The number of hydrogen-bond donors (Lipinski definition) is 1. The Morgan fingerprint density at radius 1 is 1.53 bits per heavy atom. The maximum absolute atomic E-state index is 4.20. The predicted octanol–water partition coefficient (Wildman–Crippen LogP) is 1.74. The van der Waals surface area contributed by atoms with Crippen molar-refractivity contribution in [2.75, 3.05) is 24.5 Å². The van der Waals surface area contributed by atoms with E-state index in [2.05, 4.69) is 28.2 Å². The molecule has 1 aromatic heterocycles. The topological polar surface area (TPSA) is 28.2 Å². The van der Waals surface area contributed by atoms with E-state index in [1.54, 1.807) is 0 Å². The van der Waals surface area contributed by atoms with Gasteiger partial charge in [0.05, 0.1) is 0 Å². The van der Waals surface area contributed by atoms with Gasteiger partial charge in [0.15, 0.2) is 0 Å². The third kappa shape index (κ3) is 3.98. The van der Waals surface area contributed by atoms with E-state index in [-0.39, 0.29) is 0 Å². The summed E-state index contributed by atoms with van der Waals surface area (Å²) in [6, 6.07) is 4.18. The number of anilines is 1. The van der Waals surface area contributed by atoms with E-state index in [0.717, 1.165) is 39.5 Å². The van der Waals surface area contributed by atoms with Crippen molar-refractivity contribution in [3.63, 3.8) is 0 Å². The Morgan fingerprint density at radius 2 is 2.47 bits per heavy atom. The first kappa shape index (κ1) is 12.9. The molecule has 1 aliphatic heterocycles. The molecule has 1 fully saturated rings. The van der Waals surface area contributed by atoms with Gasteiger partial charge in [0.2, 0.25) is 0 Å². The normalized spacial score (nSPS) is 21.2. The summed E-state index contributed by atoms with van der Waals surface area (Å²) in [6.07, 6.45) is 6.41. The van der Waals surface area contributed by atoms with Crippen LogP contribution in [0.3, 0.4) is 0 Å². The van der Waals surface area contributed by atoms with Crippen LogP contribution < -0.4 is 10.2 Å². The van der Waals surface area contributed by atoms with Crippen molar-refractivity contribution >= 4 is 20.6 Å². The van der Waals surface area contributed by atoms with Crippen molar-refractivity contribution in [2.45, 2.75) is 30.0 Å². The van der Waals surface area contributed by atoms with Gasteiger partial charge in [-0.1, -0.05) is 0 Å². The van der Waals surface area contributed by atoms with Gasteiger partial charge in [-0.25, -0.2) is 0 Å².